The lowest BCUT2D eigenvalue weighted by Gasteiger charge is -2.12. The number of carbonyl (C=O) groups is 2. The van der Waals surface area contributed by atoms with Gasteiger partial charge in [0.15, 0.2) is 0 Å². The molecule has 7 heteroatoms. The third-order valence-electron chi connectivity index (χ3n) is 3.57. The van der Waals surface area contributed by atoms with Crippen molar-refractivity contribution in [2.75, 3.05) is 13.7 Å². The quantitative estimate of drug-likeness (QED) is 0.697. The predicted octanol–water partition coefficient (Wildman–Crippen LogP) is 2.86. The number of ether oxygens (including phenoxy) is 1. The van der Waals surface area contributed by atoms with Crippen LogP contribution in [0.1, 0.15) is 26.0 Å². The molecule has 1 unspecified atom stereocenters. The van der Waals surface area contributed by atoms with Crippen molar-refractivity contribution in [1.82, 2.24) is 15.6 Å². The van der Waals surface area contributed by atoms with Crippen molar-refractivity contribution in [3.8, 4) is 16.3 Å². The van der Waals surface area contributed by atoms with Crippen molar-refractivity contribution in [3.05, 3.63) is 41.4 Å². The van der Waals surface area contributed by atoms with Crippen LogP contribution in [0.5, 0.6) is 5.75 Å². The average Bonchev–Trinajstić information content (AvgIpc) is 3.13. The Hall–Kier alpha value is -2.67. The molecule has 0 bridgehead atoms. The van der Waals surface area contributed by atoms with E-state index in [1.54, 1.807) is 20.1 Å². The summed E-state index contributed by atoms with van der Waals surface area (Å²) in [5.74, 6) is 0.270. The van der Waals surface area contributed by atoms with Crippen molar-refractivity contribution >= 4 is 29.2 Å². The highest BCUT2D eigenvalue weighted by molar-refractivity contribution is 7.13. The van der Waals surface area contributed by atoms with E-state index in [-0.39, 0.29) is 11.8 Å². The smallest absolute Gasteiger partial charge is 0.244 e. The van der Waals surface area contributed by atoms with Crippen molar-refractivity contribution in [2.24, 2.45) is 0 Å². The summed E-state index contributed by atoms with van der Waals surface area (Å²) >= 11 is 1.50. The zero-order valence-corrected chi connectivity index (χ0v) is 15.9. The van der Waals surface area contributed by atoms with Gasteiger partial charge >= 0.3 is 0 Å². The standard InChI is InChI=1S/C19H23N3O3S/c1-4-11-20-18(24)13(2)21-17(23)10-7-15-12-26-19(22-15)14-5-8-16(25-3)9-6-14/h5-10,12-13H,4,11H2,1-3H3,(H,20,24)(H,21,23)/b10-7+. The summed E-state index contributed by atoms with van der Waals surface area (Å²) in [5.41, 5.74) is 1.68. The molecule has 0 saturated heterocycles. The fraction of sp³-hybridized carbons (Fsp3) is 0.316. The first kappa shape index (κ1) is 19.7. The number of hydrogen-bond donors (Lipinski definition) is 2. The molecule has 0 aliphatic rings. The van der Waals surface area contributed by atoms with Crippen molar-refractivity contribution in [1.29, 1.82) is 0 Å². The van der Waals surface area contributed by atoms with Gasteiger partial charge in [0, 0.05) is 23.6 Å². The lowest BCUT2D eigenvalue weighted by molar-refractivity contribution is -0.126. The summed E-state index contributed by atoms with van der Waals surface area (Å²) in [5, 5.41) is 8.11. The summed E-state index contributed by atoms with van der Waals surface area (Å²) in [6.45, 7) is 4.23. The fourth-order valence-electron chi connectivity index (χ4n) is 2.12. The van der Waals surface area contributed by atoms with E-state index in [4.69, 9.17) is 4.74 Å². The van der Waals surface area contributed by atoms with Crippen LogP contribution in [0.2, 0.25) is 0 Å². The van der Waals surface area contributed by atoms with E-state index in [2.05, 4.69) is 15.6 Å². The number of rotatable bonds is 8. The largest absolute Gasteiger partial charge is 0.497 e. The van der Waals surface area contributed by atoms with Crippen molar-refractivity contribution in [3.63, 3.8) is 0 Å². The topological polar surface area (TPSA) is 80.3 Å². The second-order valence-corrected chi connectivity index (χ2v) is 6.52. The number of nitrogens with zero attached hydrogens (tertiary/aromatic N) is 1. The molecular formula is C19H23N3O3S. The van der Waals surface area contributed by atoms with E-state index < -0.39 is 6.04 Å². The highest BCUT2D eigenvalue weighted by atomic mass is 32.1. The summed E-state index contributed by atoms with van der Waals surface area (Å²) in [6.07, 6.45) is 3.87. The van der Waals surface area contributed by atoms with E-state index in [9.17, 15) is 9.59 Å². The van der Waals surface area contributed by atoms with Gasteiger partial charge in [-0.2, -0.15) is 0 Å². The predicted molar refractivity (Wildman–Crippen MR) is 104 cm³/mol. The number of nitrogens with one attached hydrogen (secondary N) is 2. The maximum absolute atomic E-state index is 11.9. The Morgan fingerprint density at radius 3 is 2.69 bits per heavy atom. The monoisotopic (exact) mass is 373 g/mol. The number of aromatic nitrogens is 1. The Labute approximate surface area is 157 Å². The van der Waals surface area contributed by atoms with Gasteiger partial charge in [0.2, 0.25) is 11.8 Å². The molecule has 1 atom stereocenters. The third-order valence-corrected chi connectivity index (χ3v) is 4.48. The summed E-state index contributed by atoms with van der Waals surface area (Å²) in [4.78, 5) is 28.2. The molecule has 6 nitrogen and oxygen atoms in total. The highest BCUT2D eigenvalue weighted by Gasteiger charge is 2.13. The fourth-order valence-corrected chi connectivity index (χ4v) is 2.91. The first-order valence-electron chi connectivity index (χ1n) is 8.39. The van der Waals surface area contributed by atoms with Crippen molar-refractivity contribution in [2.45, 2.75) is 26.3 Å². The number of benzene rings is 1. The van der Waals surface area contributed by atoms with E-state index in [0.717, 1.165) is 22.7 Å². The second-order valence-electron chi connectivity index (χ2n) is 5.66. The Morgan fingerprint density at radius 1 is 1.31 bits per heavy atom. The van der Waals surface area contributed by atoms with Gasteiger partial charge in [-0.3, -0.25) is 9.59 Å². The van der Waals surface area contributed by atoms with E-state index in [1.807, 2.05) is 36.6 Å². The van der Waals surface area contributed by atoms with Gasteiger partial charge in [-0.1, -0.05) is 6.92 Å². The molecule has 0 radical (unpaired) electrons. The lowest BCUT2D eigenvalue weighted by Crippen LogP contribution is -2.44. The van der Waals surface area contributed by atoms with E-state index in [1.165, 1.54) is 17.4 Å². The van der Waals surface area contributed by atoms with Crippen molar-refractivity contribution < 1.29 is 14.3 Å². The molecule has 26 heavy (non-hydrogen) atoms. The van der Waals surface area contributed by atoms with Crippen LogP contribution >= 0.6 is 11.3 Å². The molecule has 1 aromatic heterocycles. The minimum atomic E-state index is -0.580. The normalized spacial score (nSPS) is 12.0. The molecule has 2 rings (SSSR count). The minimum absolute atomic E-state index is 0.191. The van der Waals surface area contributed by atoms with Crippen LogP contribution < -0.4 is 15.4 Å². The van der Waals surface area contributed by atoms with Crippen LogP contribution in [-0.2, 0) is 9.59 Å². The maximum atomic E-state index is 11.9. The summed E-state index contributed by atoms with van der Waals surface area (Å²) in [7, 11) is 1.63. The molecule has 2 N–H and O–H groups in total. The molecule has 1 heterocycles. The lowest BCUT2D eigenvalue weighted by atomic mass is 10.2. The Morgan fingerprint density at radius 2 is 2.04 bits per heavy atom. The molecule has 1 aromatic carbocycles. The minimum Gasteiger partial charge on any atom is -0.497 e. The van der Waals surface area contributed by atoms with Crippen LogP contribution in [0.3, 0.4) is 0 Å². The van der Waals surface area contributed by atoms with Gasteiger partial charge in [-0.05, 0) is 43.7 Å². The molecule has 0 saturated carbocycles. The number of amides is 2. The van der Waals surface area contributed by atoms with Gasteiger partial charge in [-0.25, -0.2) is 4.98 Å². The third kappa shape index (κ3) is 5.70. The molecule has 2 aromatic rings. The molecule has 0 aliphatic carbocycles. The summed E-state index contributed by atoms with van der Waals surface area (Å²) in [6, 6.07) is 7.06. The molecule has 0 aliphatic heterocycles. The Kier molecular flexibility index (Phi) is 7.35. The molecular weight excluding hydrogens is 350 g/mol. The van der Waals surface area contributed by atoms with Gasteiger partial charge in [0.25, 0.3) is 0 Å². The number of methoxy groups -OCH3 is 1. The number of thiazole rings is 1. The second kappa shape index (κ2) is 9.72. The Balaban J connectivity index is 1.92. The molecule has 2 amide bonds. The van der Waals surface area contributed by atoms with Crippen LogP contribution in [0.15, 0.2) is 35.7 Å². The van der Waals surface area contributed by atoms with E-state index in [0.29, 0.717) is 12.2 Å². The van der Waals surface area contributed by atoms with Gasteiger partial charge in [0.05, 0.1) is 12.8 Å². The number of carbonyl (C=O) groups excluding carboxylic acids is 2. The molecule has 138 valence electrons. The van der Waals surface area contributed by atoms with Gasteiger partial charge < -0.3 is 15.4 Å². The van der Waals surface area contributed by atoms with Crippen LogP contribution in [0.4, 0.5) is 0 Å². The zero-order chi connectivity index (χ0) is 18.9. The van der Waals surface area contributed by atoms with E-state index >= 15 is 0 Å². The molecule has 0 spiro atoms. The summed E-state index contributed by atoms with van der Waals surface area (Å²) < 4.78 is 5.14. The Bertz CT molecular complexity index is 769. The van der Waals surface area contributed by atoms with Crippen LogP contribution in [0.25, 0.3) is 16.6 Å². The first-order valence-corrected chi connectivity index (χ1v) is 9.27. The van der Waals surface area contributed by atoms with Crippen LogP contribution in [0, 0.1) is 0 Å². The zero-order valence-electron chi connectivity index (χ0n) is 15.1. The molecule has 0 fully saturated rings. The highest BCUT2D eigenvalue weighted by Crippen LogP contribution is 2.26. The van der Waals surface area contributed by atoms with Gasteiger partial charge in [0.1, 0.15) is 16.8 Å². The SMILES string of the molecule is CCCNC(=O)C(C)NC(=O)/C=C/c1csc(-c2ccc(OC)cc2)n1. The maximum Gasteiger partial charge on any atom is 0.244 e. The average molecular weight is 373 g/mol. The first-order chi connectivity index (χ1) is 12.5. The number of hydrogen-bond acceptors (Lipinski definition) is 5. The van der Waals surface area contributed by atoms with Crippen LogP contribution in [-0.4, -0.2) is 36.5 Å². The van der Waals surface area contributed by atoms with Gasteiger partial charge in [-0.15, -0.1) is 11.3 Å².